The van der Waals surface area contributed by atoms with Crippen molar-refractivity contribution in [3.05, 3.63) is 216 Å². The van der Waals surface area contributed by atoms with E-state index >= 15 is 0 Å². The van der Waals surface area contributed by atoms with E-state index in [1.165, 1.54) is 86.8 Å². The number of nitrogens with zero attached hydrogens (tertiary/aromatic N) is 2. The van der Waals surface area contributed by atoms with E-state index in [0.29, 0.717) is 0 Å². The molecule has 2 heterocycles. The van der Waals surface area contributed by atoms with Gasteiger partial charge in [0.1, 0.15) is 0 Å². The second kappa shape index (κ2) is 13.3. The Labute approximate surface area is 361 Å². The molecule has 0 bridgehead atoms. The topological polar surface area (TPSA) is 6.48 Å². The van der Waals surface area contributed by atoms with Gasteiger partial charge in [0.05, 0.1) is 22.7 Å². The average molecular weight is 801 g/mol. The van der Waals surface area contributed by atoms with Crippen LogP contribution in [0.1, 0.15) is 49.9 Å². The Kier molecular flexibility index (Phi) is 7.83. The summed E-state index contributed by atoms with van der Waals surface area (Å²) in [5.41, 5.74) is 17.1. The molecule has 0 fully saturated rings. The second-order valence-corrected chi connectivity index (χ2v) is 18.7. The number of thiophene rings is 1. The molecule has 10 aromatic rings. The van der Waals surface area contributed by atoms with Crippen LogP contribution < -0.4 is 9.80 Å². The lowest BCUT2D eigenvalue weighted by atomic mass is 9.70. The average Bonchev–Trinajstić information content (AvgIpc) is 3.79. The maximum Gasteiger partial charge on any atom is 0.0781 e. The smallest absolute Gasteiger partial charge is 0.0781 e. The molecule has 9 aromatic carbocycles. The molecule has 12 rings (SSSR count). The normalized spacial score (nSPS) is 14.5. The van der Waals surface area contributed by atoms with Gasteiger partial charge in [-0.3, -0.25) is 0 Å². The lowest BCUT2D eigenvalue weighted by Gasteiger charge is -2.44. The van der Waals surface area contributed by atoms with Gasteiger partial charge >= 0.3 is 0 Å². The number of hydrogen-bond acceptors (Lipinski definition) is 3. The molecule has 1 aliphatic heterocycles. The van der Waals surface area contributed by atoms with Crippen LogP contribution in [0.5, 0.6) is 0 Å². The van der Waals surface area contributed by atoms with Crippen LogP contribution in [-0.4, -0.2) is 0 Å². The van der Waals surface area contributed by atoms with Crippen molar-refractivity contribution in [3.63, 3.8) is 0 Å². The third-order valence-electron chi connectivity index (χ3n) is 13.6. The van der Waals surface area contributed by atoms with Crippen LogP contribution in [-0.2, 0) is 10.8 Å². The minimum Gasteiger partial charge on any atom is -0.308 e. The van der Waals surface area contributed by atoms with E-state index in [2.05, 4.69) is 232 Å². The SMILES string of the molecule is CC1(C)c2ccccc2-c2ccc(N(c3ccccc3)c3ccc4ccccc4c3N3c4ccccc4C(C)(C)c4c(-c5cccc6c5sc5ccccc56)cccc43)cc21. The molecule has 0 unspecified atom stereocenters. The minimum absolute atomic E-state index is 0.138. The Morgan fingerprint density at radius 2 is 1.07 bits per heavy atom. The molecule has 0 N–H and O–H groups in total. The largest absolute Gasteiger partial charge is 0.308 e. The van der Waals surface area contributed by atoms with Gasteiger partial charge in [0.2, 0.25) is 0 Å². The molecule has 0 saturated carbocycles. The summed E-state index contributed by atoms with van der Waals surface area (Å²) in [4.78, 5) is 5.08. The maximum absolute atomic E-state index is 2.59. The van der Waals surface area contributed by atoms with Crippen molar-refractivity contribution in [2.24, 2.45) is 0 Å². The monoisotopic (exact) mass is 800 g/mol. The summed E-state index contributed by atoms with van der Waals surface area (Å²) in [5, 5.41) is 5.04. The van der Waals surface area contributed by atoms with E-state index in [1.54, 1.807) is 0 Å². The van der Waals surface area contributed by atoms with Crippen molar-refractivity contribution in [2.75, 3.05) is 9.80 Å². The number of benzene rings is 9. The summed E-state index contributed by atoms with van der Waals surface area (Å²) < 4.78 is 2.65. The Bertz CT molecular complexity index is 3390. The van der Waals surface area contributed by atoms with E-state index in [9.17, 15) is 0 Å². The highest BCUT2D eigenvalue weighted by Gasteiger charge is 2.41. The molecule has 61 heavy (non-hydrogen) atoms. The van der Waals surface area contributed by atoms with Crippen LogP contribution >= 0.6 is 11.3 Å². The van der Waals surface area contributed by atoms with Crippen LogP contribution in [0.15, 0.2) is 194 Å². The zero-order chi connectivity index (χ0) is 41.0. The number of rotatable bonds is 5. The summed E-state index contributed by atoms with van der Waals surface area (Å²) >= 11 is 1.90. The lowest BCUT2D eigenvalue weighted by Crippen LogP contribution is -2.32. The first-order valence-electron chi connectivity index (χ1n) is 21.4. The quantitative estimate of drug-likeness (QED) is 0.171. The van der Waals surface area contributed by atoms with E-state index in [0.717, 1.165) is 22.7 Å². The first-order valence-corrected chi connectivity index (χ1v) is 22.2. The van der Waals surface area contributed by atoms with Crippen molar-refractivity contribution >= 4 is 76.4 Å². The highest BCUT2D eigenvalue weighted by molar-refractivity contribution is 7.26. The van der Waals surface area contributed by atoms with Crippen LogP contribution in [0, 0.1) is 0 Å². The predicted molar refractivity (Wildman–Crippen MR) is 261 cm³/mol. The van der Waals surface area contributed by atoms with Gasteiger partial charge in [-0.1, -0.05) is 173 Å². The predicted octanol–water partition coefficient (Wildman–Crippen LogP) is 16.8. The number of fused-ring (bicyclic) bond motifs is 9. The molecule has 0 spiro atoms. The Balaban J connectivity index is 1.15. The molecule has 1 aliphatic carbocycles. The van der Waals surface area contributed by atoms with Crippen molar-refractivity contribution in [1.29, 1.82) is 0 Å². The summed E-state index contributed by atoms with van der Waals surface area (Å²) in [7, 11) is 0. The highest BCUT2D eigenvalue weighted by Crippen LogP contribution is 2.59. The van der Waals surface area contributed by atoms with Crippen LogP contribution in [0.25, 0.3) is 53.2 Å². The maximum atomic E-state index is 2.59. The molecule has 0 saturated heterocycles. The van der Waals surface area contributed by atoms with Crippen molar-refractivity contribution < 1.29 is 0 Å². The molecule has 2 nitrogen and oxygen atoms in total. The van der Waals surface area contributed by atoms with Gasteiger partial charge in [-0.25, -0.2) is 0 Å². The first kappa shape index (κ1) is 36.0. The zero-order valence-corrected chi connectivity index (χ0v) is 35.6. The number of anilines is 6. The molecular formula is C58H44N2S. The summed E-state index contributed by atoms with van der Waals surface area (Å²) in [6, 6.07) is 72.3. The molecule has 0 atom stereocenters. The molecule has 3 heteroatoms. The third-order valence-corrected chi connectivity index (χ3v) is 14.8. The molecule has 292 valence electrons. The molecule has 2 aliphatic rings. The summed E-state index contributed by atoms with van der Waals surface area (Å²) in [6.07, 6.45) is 0. The van der Waals surface area contributed by atoms with Crippen LogP contribution in [0.3, 0.4) is 0 Å². The molecule has 0 radical (unpaired) electrons. The van der Waals surface area contributed by atoms with Gasteiger partial charge in [-0.15, -0.1) is 11.3 Å². The van der Waals surface area contributed by atoms with E-state index in [-0.39, 0.29) is 10.8 Å². The first-order chi connectivity index (χ1) is 29.8. The van der Waals surface area contributed by atoms with Crippen LogP contribution in [0.4, 0.5) is 34.1 Å². The van der Waals surface area contributed by atoms with E-state index < -0.39 is 0 Å². The van der Waals surface area contributed by atoms with Crippen molar-refractivity contribution in [3.8, 4) is 22.3 Å². The van der Waals surface area contributed by atoms with Gasteiger partial charge in [-0.05, 0) is 98.4 Å². The minimum atomic E-state index is -0.303. The fraction of sp³-hybridized carbons (Fsp3) is 0.103. The fourth-order valence-corrected chi connectivity index (χ4v) is 12.0. The number of hydrogen-bond donors (Lipinski definition) is 0. The summed E-state index contributed by atoms with van der Waals surface area (Å²) in [5.74, 6) is 0. The van der Waals surface area contributed by atoms with Crippen molar-refractivity contribution in [2.45, 2.75) is 38.5 Å². The Hall–Kier alpha value is -6.94. The number of para-hydroxylation sites is 2. The zero-order valence-electron chi connectivity index (χ0n) is 34.8. The van der Waals surface area contributed by atoms with Crippen LogP contribution in [0.2, 0.25) is 0 Å². The van der Waals surface area contributed by atoms with E-state index in [1.807, 2.05) is 11.3 Å². The van der Waals surface area contributed by atoms with Gasteiger partial charge in [0.25, 0.3) is 0 Å². The lowest BCUT2D eigenvalue weighted by molar-refractivity contribution is 0.634. The Morgan fingerprint density at radius 1 is 0.426 bits per heavy atom. The van der Waals surface area contributed by atoms with Gasteiger partial charge in [-0.2, -0.15) is 0 Å². The third kappa shape index (κ3) is 5.20. The van der Waals surface area contributed by atoms with Crippen molar-refractivity contribution in [1.82, 2.24) is 0 Å². The Morgan fingerprint density at radius 3 is 1.93 bits per heavy atom. The summed E-state index contributed by atoms with van der Waals surface area (Å²) in [6.45, 7) is 9.58. The molecular weight excluding hydrogens is 757 g/mol. The fourth-order valence-electron chi connectivity index (χ4n) is 10.8. The second-order valence-electron chi connectivity index (χ2n) is 17.7. The molecule has 0 amide bonds. The van der Waals surface area contributed by atoms with Gasteiger partial charge in [0, 0.05) is 47.8 Å². The highest BCUT2D eigenvalue weighted by atomic mass is 32.1. The van der Waals surface area contributed by atoms with E-state index in [4.69, 9.17) is 0 Å². The van der Waals surface area contributed by atoms with Gasteiger partial charge < -0.3 is 9.80 Å². The standard InChI is InChI=1S/C58H44N2S/c1-57(2)47-27-12-10-22-41(47)42-34-33-39(36-49(42)57)59(38-19-6-5-7-20-38)52-35-32-37-18-8-9-21-40(37)55(52)60-50-29-14-13-28-48(50)58(3,4)54-44(24-17-30-51(54)60)46-26-16-25-45-43-23-11-15-31-53(43)61-56(45)46/h5-36H,1-4H3. The van der Waals surface area contributed by atoms with Gasteiger partial charge in [0.15, 0.2) is 0 Å². The molecule has 1 aromatic heterocycles.